The molecule has 0 heterocycles. The molecule has 0 bridgehead atoms. The predicted molar refractivity (Wildman–Crippen MR) is 108 cm³/mol. The van der Waals surface area contributed by atoms with E-state index in [4.69, 9.17) is 9.16 Å². The van der Waals surface area contributed by atoms with Gasteiger partial charge in [-0.25, -0.2) is 0 Å². The lowest BCUT2D eigenvalue weighted by molar-refractivity contribution is -0.158. The predicted octanol–water partition coefficient (Wildman–Crippen LogP) is 3.87. The Kier molecular flexibility index (Phi) is 6.09. The maximum atomic E-state index is 12.8. The van der Waals surface area contributed by atoms with Crippen LogP contribution in [0.3, 0.4) is 0 Å². The van der Waals surface area contributed by atoms with E-state index in [9.17, 15) is 9.59 Å². The molecule has 5 heteroatoms. The van der Waals surface area contributed by atoms with Gasteiger partial charge in [0.15, 0.2) is 14.4 Å². The highest BCUT2D eigenvalue weighted by atomic mass is 28.4. The van der Waals surface area contributed by atoms with Crippen LogP contribution in [0.2, 0.25) is 18.1 Å². The smallest absolute Gasteiger partial charge is 0.303 e. The topological polar surface area (TPSA) is 52.6 Å². The van der Waals surface area contributed by atoms with Crippen LogP contribution in [0, 0.1) is 35.5 Å². The second-order valence-electron chi connectivity index (χ2n) is 8.99. The van der Waals surface area contributed by atoms with Crippen molar-refractivity contribution in [1.82, 2.24) is 0 Å². The molecule has 0 saturated heterocycles. The highest BCUT2D eigenvalue weighted by molar-refractivity contribution is 6.74. The Balaban J connectivity index is 2.65. The fourth-order valence-electron chi connectivity index (χ4n) is 3.49. The number of carbonyl (C=O) groups excluding carboxylic acids is 2. The number of hydrogen-bond acceptors (Lipinski definition) is 4. The molecule has 0 aromatic heterocycles. The van der Waals surface area contributed by atoms with Gasteiger partial charge in [0, 0.05) is 31.6 Å². The molecule has 1 saturated carbocycles. The third-order valence-corrected chi connectivity index (χ3v) is 10.6. The molecule has 4 nitrogen and oxygen atoms in total. The van der Waals surface area contributed by atoms with Crippen molar-refractivity contribution in [2.24, 2.45) is 11.8 Å². The number of hydrogen-bond donors (Lipinski definition) is 0. The summed E-state index contributed by atoms with van der Waals surface area (Å²) in [6, 6.07) is 0. The molecule has 0 aromatic carbocycles. The van der Waals surface area contributed by atoms with Gasteiger partial charge in [-0.2, -0.15) is 0 Å². The van der Waals surface area contributed by atoms with Crippen molar-refractivity contribution in [2.75, 3.05) is 0 Å². The van der Waals surface area contributed by atoms with Crippen molar-refractivity contribution < 1.29 is 18.8 Å². The van der Waals surface area contributed by atoms with Gasteiger partial charge in [0.1, 0.15) is 11.4 Å². The molecule has 0 aliphatic heterocycles. The number of ether oxygens (including phenoxy) is 1. The largest absolute Gasteiger partial charge is 0.446 e. The summed E-state index contributed by atoms with van der Waals surface area (Å²) in [5.74, 6) is 11.4. The van der Waals surface area contributed by atoms with Crippen LogP contribution >= 0.6 is 0 Å². The van der Waals surface area contributed by atoms with Crippen LogP contribution in [0.15, 0.2) is 12.2 Å². The fraction of sp³-hybridized carbons (Fsp3) is 0.636. The molecule has 27 heavy (non-hydrogen) atoms. The Morgan fingerprint density at radius 3 is 2.48 bits per heavy atom. The average molecular weight is 387 g/mol. The van der Waals surface area contributed by atoms with E-state index in [0.717, 1.165) is 0 Å². The van der Waals surface area contributed by atoms with Gasteiger partial charge in [0.25, 0.3) is 0 Å². The van der Waals surface area contributed by atoms with Crippen molar-refractivity contribution in [3.05, 3.63) is 12.2 Å². The van der Waals surface area contributed by atoms with E-state index in [1.54, 1.807) is 12.2 Å². The van der Waals surface area contributed by atoms with Crippen molar-refractivity contribution >= 4 is 20.1 Å². The van der Waals surface area contributed by atoms with Gasteiger partial charge in [0.2, 0.25) is 0 Å². The Labute approximate surface area is 164 Å². The first-order valence-corrected chi connectivity index (χ1v) is 12.4. The molecule has 0 aromatic rings. The van der Waals surface area contributed by atoms with Crippen LogP contribution in [-0.4, -0.2) is 31.8 Å². The highest BCUT2D eigenvalue weighted by Crippen LogP contribution is 2.50. The van der Waals surface area contributed by atoms with Crippen molar-refractivity contribution in [1.29, 1.82) is 0 Å². The molecule has 0 N–H and O–H groups in total. The van der Waals surface area contributed by atoms with E-state index in [0.29, 0.717) is 6.42 Å². The maximum Gasteiger partial charge on any atom is 0.303 e. The van der Waals surface area contributed by atoms with Crippen LogP contribution in [0.4, 0.5) is 0 Å². The van der Waals surface area contributed by atoms with Gasteiger partial charge in [-0.3, -0.25) is 9.59 Å². The number of allylic oxidation sites excluding steroid dienone is 2. The van der Waals surface area contributed by atoms with Gasteiger partial charge in [-0.15, -0.1) is 0 Å². The first-order chi connectivity index (χ1) is 12.4. The Morgan fingerprint density at radius 1 is 1.26 bits per heavy atom. The molecule has 1 fully saturated rings. The summed E-state index contributed by atoms with van der Waals surface area (Å²) in [6.45, 7) is 14.0. The summed E-state index contributed by atoms with van der Waals surface area (Å²) in [5, 5.41) is -0.0592. The van der Waals surface area contributed by atoms with Crippen molar-refractivity contribution in [3.63, 3.8) is 0 Å². The molecule has 0 radical (unpaired) electrons. The molecule has 2 aliphatic carbocycles. The zero-order valence-electron chi connectivity index (χ0n) is 17.4. The SMILES string of the molecule is CC(=O)O[C@@H]1C#C/C=C\C#CC[C@H]2[C@H](C)C(=O)C[C@]12O[Si](C)(C)C(C)(C)C. The van der Waals surface area contributed by atoms with Gasteiger partial charge in [-0.05, 0) is 30.3 Å². The first kappa shape index (κ1) is 21.5. The van der Waals surface area contributed by atoms with Gasteiger partial charge in [0.05, 0.1) is 0 Å². The molecule has 2 aliphatic rings. The van der Waals surface area contributed by atoms with E-state index < -0.39 is 26.0 Å². The molecule has 2 rings (SSSR count). The lowest BCUT2D eigenvalue weighted by Gasteiger charge is -2.48. The molecule has 0 amide bonds. The van der Waals surface area contributed by atoms with Crippen LogP contribution in [0.25, 0.3) is 0 Å². The molecule has 0 unspecified atom stereocenters. The fourth-order valence-corrected chi connectivity index (χ4v) is 5.08. The van der Waals surface area contributed by atoms with Crippen LogP contribution < -0.4 is 0 Å². The first-order valence-electron chi connectivity index (χ1n) is 9.45. The Hall–Kier alpha value is -1.82. The van der Waals surface area contributed by atoms with Crippen molar-refractivity contribution in [2.45, 2.75) is 77.3 Å². The normalized spacial score (nSPS) is 31.7. The third kappa shape index (κ3) is 4.37. The lowest BCUT2D eigenvalue weighted by Crippen LogP contribution is -2.58. The van der Waals surface area contributed by atoms with Crippen LogP contribution in [0.1, 0.15) is 47.5 Å². The minimum Gasteiger partial charge on any atom is -0.446 e. The highest BCUT2D eigenvalue weighted by Gasteiger charge is 2.60. The van der Waals surface area contributed by atoms with E-state index in [1.165, 1.54) is 6.92 Å². The van der Waals surface area contributed by atoms with Crippen LogP contribution in [-0.2, 0) is 18.8 Å². The molecular formula is C22H30O4Si. The Morgan fingerprint density at radius 2 is 1.89 bits per heavy atom. The number of carbonyl (C=O) groups is 2. The number of Topliss-reactive ketones (excluding diaryl/α,β-unsaturated/α-hetero) is 1. The van der Waals surface area contributed by atoms with E-state index >= 15 is 0 Å². The second-order valence-corrected chi connectivity index (χ2v) is 13.7. The quantitative estimate of drug-likeness (QED) is 0.420. The summed E-state index contributed by atoms with van der Waals surface area (Å²) >= 11 is 0. The maximum absolute atomic E-state index is 12.8. The molecule has 146 valence electrons. The van der Waals surface area contributed by atoms with E-state index in [1.807, 2.05) is 6.92 Å². The summed E-state index contributed by atoms with van der Waals surface area (Å²) in [4.78, 5) is 24.6. The Bertz CT molecular complexity index is 766. The number of esters is 1. The van der Waals surface area contributed by atoms with Gasteiger partial charge < -0.3 is 9.16 Å². The standard InChI is InChI=1S/C22H30O4Si/c1-16-18-13-11-9-8-10-12-14-20(25-17(2)23)22(18,15-19(16)24)26-27(6,7)21(3,4)5/h8,10,16,18,20H,13,15H2,1-7H3/b10-8-/t16-,18-,20+,22+/m0/s1. The minimum atomic E-state index is -2.28. The average Bonchev–Trinajstić information content (AvgIpc) is 2.75. The molecular weight excluding hydrogens is 356 g/mol. The molecule has 0 spiro atoms. The van der Waals surface area contributed by atoms with Crippen LogP contribution in [0.5, 0.6) is 0 Å². The third-order valence-electron chi connectivity index (χ3n) is 6.06. The molecule has 4 atom stereocenters. The summed E-state index contributed by atoms with van der Waals surface area (Å²) in [5.41, 5.74) is -0.960. The van der Waals surface area contributed by atoms with E-state index in [-0.39, 0.29) is 29.1 Å². The number of ketones is 1. The van der Waals surface area contributed by atoms with E-state index in [2.05, 4.69) is 57.5 Å². The number of rotatable bonds is 3. The summed E-state index contributed by atoms with van der Waals surface area (Å²) in [6.07, 6.45) is 3.23. The number of fused-ring (bicyclic) bond motifs is 1. The lowest BCUT2D eigenvalue weighted by atomic mass is 9.80. The van der Waals surface area contributed by atoms with Gasteiger partial charge in [-0.1, -0.05) is 51.4 Å². The summed E-state index contributed by atoms with van der Waals surface area (Å²) in [7, 11) is -2.28. The zero-order chi connectivity index (χ0) is 20.5. The zero-order valence-corrected chi connectivity index (χ0v) is 18.4. The van der Waals surface area contributed by atoms with Crippen molar-refractivity contribution in [3.8, 4) is 23.7 Å². The second kappa shape index (κ2) is 7.66. The monoisotopic (exact) mass is 386 g/mol. The summed E-state index contributed by atoms with van der Waals surface area (Å²) < 4.78 is 12.5. The minimum absolute atomic E-state index is 0.0592. The van der Waals surface area contributed by atoms with Gasteiger partial charge >= 0.3 is 5.97 Å².